The summed E-state index contributed by atoms with van der Waals surface area (Å²) in [6, 6.07) is 3.82. The molecule has 3 heterocycles. The zero-order chi connectivity index (χ0) is 19.4. The lowest BCUT2D eigenvalue weighted by molar-refractivity contribution is -0.0623. The van der Waals surface area contributed by atoms with Crippen molar-refractivity contribution in [2.24, 2.45) is 0 Å². The number of nitrogens with one attached hydrogen (secondary N) is 1. The zero-order valence-electron chi connectivity index (χ0n) is 15.8. The molecule has 8 heteroatoms. The largest absolute Gasteiger partial charge is 0.367 e. The van der Waals surface area contributed by atoms with Crippen LogP contribution in [0.15, 0.2) is 42.3 Å². The van der Waals surface area contributed by atoms with E-state index in [1.807, 2.05) is 45.2 Å². The van der Waals surface area contributed by atoms with Crippen molar-refractivity contribution >= 4 is 22.4 Å². The maximum absolute atomic E-state index is 12.7. The fraction of sp³-hybridized carbons (Fsp3) is 0.368. The summed E-state index contributed by atoms with van der Waals surface area (Å²) in [4.78, 5) is 25.4. The molecule has 1 N–H and O–H groups in total. The Balaban J connectivity index is 1.71. The average molecular weight is 385 g/mol. The highest BCUT2D eigenvalue weighted by molar-refractivity contribution is 7.14. The summed E-state index contributed by atoms with van der Waals surface area (Å²) in [6.07, 6.45) is 6.93. The zero-order valence-corrected chi connectivity index (χ0v) is 16.7. The number of nitrogens with zero attached hydrogens (tertiary/aromatic N) is 4. The summed E-state index contributed by atoms with van der Waals surface area (Å²) in [5.74, 6) is 0.0405. The lowest BCUT2D eigenvalue weighted by Crippen LogP contribution is -2.26. The van der Waals surface area contributed by atoms with Crippen LogP contribution in [0.3, 0.4) is 0 Å². The topological polar surface area (TPSA) is 81.9 Å². The molecule has 0 aliphatic heterocycles. The Kier molecular flexibility index (Phi) is 5.67. The van der Waals surface area contributed by atoms with Crippen LogP contribution in [0.1, 0.15) is 49.6 Å². The van der Waals surface area contributed by atoms with E-state index in [-0.39, 0.29) is 12.0 Å². The van der Waals surface area contributed by atoms with E-state index in [1.165, 1.54) is 11.3 Å². The van der Waals surface area contributed by atoms with Gasteiger partial charge in [0.05, 0.1) is 11.8 Å². The van der Waals surface area contributed by atoms with Gasteiger partial charge in [-0.15, -0.1) is 11.3 Å². The molecule has 7 nitrogen and oxygen atoms in total. The molecule has 142 valence electrons. The number of aromatic nitrogens is 4. The Morgan fingerprint density at radius 1 is 1.30 bits per heavy atom. The second-order valence-electron chi connectivity index (χ2n) is 6.90. The van der Waals surface area contributed by atoms with Gasteiger partial charge in [-0.05, 0) is 45.4 Å². The van der Waals surface area contributed by atoms with Gasteiger partial charge >= 0.3 is 0 Å². The highest BCUT2D eigenvalue weighted by atomic mass is 32.1. The van der Waals surface area contributed by atoms with E-state index in [0.717, 1.165) is 11.3 Å². The first-order valence-corrected chi connectivity index (χ1v) is 9.58. The predicted molar refractivity (Wildman–Crippen MR) is 105 cm³/mol. The van der Waals surface area contributed by atoms with Gasteiger partial charge < -0.3 is 9.30 Å². The van der Waals surface area contributed by atoms with E-state index in [4.69, 9.17) is 4.74 Å². The molecule has 0 radical (unpaired) electrons. The maximum atomic E-state index is 12.7. The first-order valence-electron chi connectivity index (χ1n) is 8.70. The highest BCUT2D eigenvalue weighted by Crippen LogP contribution is 2.29. The molecule has 3 aromatic rings. The number of rotatable bonds is 7. The van der Waals surface area contributed by atoms with Crippen molar-refractivity contribution in [1.29, 1.82) is 0 Å². The van der Waals surface area contributed by atoms with E-state index in [2.05, 4.69) is 20.3 Å². The number of amides is 1. The van der Waals surface area contributed by atoms with E-state index in [9.17, 15) is 4.79 Å². The Hall–Kier alpha value is -2.58. The van der Waals surface area contributed by atoms with Crippen LogP contribution < -0.4 is 5.32 Å². The van der Waals surface area contributed by atoms with Crippen molar-refractivity contribution in [3.05, 3.63) is 59.4 Å². The van der Waals surface area contributed by atoms with Gasteiger partial charge in [0.25, 0.3) is 5.91 Å². The number of anilines is 1. The van der Waals surface area contributed by atoms with E-state index in [1.54, 1.807) is 29.4 Å². The van der Waals surface area contributed by atoms with Gasteiger partial charge in [0, 0.05) is 36.7 Å². The number of thiazole rings is 1. The minimum absolute atomic E-state index is 0.0837. The first kappa shape index (κ1) is 19.2. The van der Waals surface area contributed by atoms with Gasteiger partial charge in [-0.3, -0.25) is 15.1 Å². The quantitative estimate of drug-likeness (QED) is 0.671. The molecular formula is C19H23N5O2S. The van der Waals surface area contributed by atoms with Crippen LogP contribution in [0, 0.1) is 0 Å². The standard InChI is InChI=1S/C19H23N5O2S/c1-13(2)26-19(3,4)15-12-27-18(22-15)23-17(25)16-21-9-10-24(16)11-14-5-7-20-8-6-14/h5-10,12-13H,11H2,1-4H3,(H,22,23,25). The van der Waals surface area contributed by atoms with Crippen LogP contribution in [-0.4, -0.2) is 31.5 Å². The van der Waals surface area contributed by atoms with Gasteiger partial charge in [0.15, 0.2) is 11.0 Å². The molecule has 0 aliphatic carbocycles. The van der Waals surface area contributed by atoms with Crippen molar-refractivity contribution in [3.63, 3.8) is 0 Å². The third-order valence-electron chi connectivity index (χ3n) is 3.89. The lowest BCUT2D eigenvalue weighted by Gasteiger charge is -2.25. The second-order valence-corrected chi connectivity index (χ2v) is 7.76. The molecule has 0 saturated heterocycles. The minimum atomic E-state index is -0.520. The predicted octanol–water partition coefficient (Wildman–Crippen LogP) is 3.70. The fourth-order valence-corrected chi connectivity index (χ4v) is 3.60. The number of carbonyl (C=O) groups is 1. The summed E-state index contributed by atoms with van der Waals surface area (Å²) in [5.41, 5.74) is 1.31. The Morgan fingerprint density at radius 2 is 2.04 bits per heavy atom. The smallest absolute Gasteiger partial charge is 0.293 e. The maximum Gasteiger partial charge on any atom is 0.293 e. The molecule has 0 fully saturated rings. The summed E-state index contributed by atoms with van der Waals surface area (Å²) in [5, 5.41) is 5.26. The number of ether oxygens (including phenoxy) is 1. The van der Waals surface area contributed by atoms with Crippen molar-refractivity contribution in [3.8, 4) is 0 Å². The van der Waals surface area contributed by atoms with Crippen molar-refractivity contribution in [1.82, 2.24) is 19.5 Å². The second kappa shape index (κ2) is 7.98. The van der Waals surface area contributed by atoms with Crippen LogP contribution in [0.2, 0.25) is 0 Å². The summed E-state index contributed by atoms with van der Waals surface area (Å²) in [7, 11) is 0. The first-order chi connectivity index (χ1) is 12.8. The third-order valence-corrected chi connectivity index (χ3v) is 4.65. The molecule has 0 aromatic carbocycles. The van der Waals surface area contributed by atoms with Gasteiger partial charge in [-0.25, -0.2) is 9.97 Å². The average Bonchev–Trinajstić information content (AvgIpc) is 3.24. The van der Waals surface area contributed by atoms with Crippen LogP contribution in [-0.2, 0) is 16.9 Å². The molecule has 0 unspecified atom stereocenters. The lowest BCUT2D eigenvalue weighted by atomic mass is 10.1. The Morgan fingerprint density at radius 3 is 2.74 bits per heavy atom. The molecule has 0 atom stereocenters. The van der Waals surface area contributed by atoms with Gasteiger partial charge in [-0.2, -0.15) is 0 Å². The van der Waals surface area contributed by atoms with Gasteiger partial charge in [-0.1, -0.05) is 0 Å². The Labute approximate surface area is 162 Å². The van der Waals surface area contributed by atoms with E-state index >= 15 is 0 Å². The van der Waals surface area contributed by atoms with E-state index in [0.29, 0.717) is 17.5 Å². The number of pyridine rings is 1. The number of hydrogen-bond acceptors (Lipinski definition) is 6. The molecular weight excluding hydrogens is 362 g/mol. The molecule has 1 amide bonds. The van der Waals surface area contributed by atoms with Crippen LogP contribution >= 0.6 is 11.3 Å². The van der Waals surface area contributed by atoms with Crippen molar-refractivity contribution in [2.45, 2.75) is 45.9 Å². The highest BCUT2D eigenvalue weighted by Gasteiger charge is 2.26. The molecule has 0 saturated carbocycles. The number of carbonyl (C=O) groups excluding carboxylic acids is 1. The molecule has 3 rings (SSSR count). The Bertz CT molecular complexity index is 902. The van der Waals surface area contributed by atoms with Crippen LogP contribution in [0.25, 0.3) is 0 Å². The molecule has 3 aromatic heterocycles. The van der Waals surface area contributed by atoms with Crippen LogP contribution in [0.5, 0.6) is 0 Å². The molecule has 0 spiro atoms. The fourth-order valence-electron chi connectivity index (χ4n) is 2.74. The normalized spacial score (nSPS) is 11.7. The number of imidazole rings is 1. The van der Waals surface area contributed by atoms with Gasteiger partial charge in [0.2, 0.25) is 0 Å². The molecule has 0 aliphatic rings. The minimum Gasteiger partial charge on any atom is -0.367 e. The van der Waals surface area contributed by atoms with Crippen molar-refractivity contribution < 1.29 is 9.53 Å². The monoisotopic (exact) mass is 385 g/mol. The van der Waals surface area contributed by atoms with Crippen LogP contribution in [0.4, 0.5) is 5.13 Å². The van der Waals surface area contributed by atoms with Gasteiger partial charge in [0.1, 0.15) is 5.60 Å². The number of hydrogen-bond donors (Lipinski definition) is 1. The summed E-state index contributed by atoms with van der Waals surface area (Å²) >= 11 is 1.37. The summed E-state index contributed by atoms with van der Waals surface area (Å²) in [6.45, 7) is 8.45. The SMILES string of the molecule is CC(C)OC(C)(C)c1csc(NC(=O)c2nccn2Cc2ccncc2)n1. The molecule has 0 bridgehead atoms. The van der Waals surface area contributed by atoms with E-state index < -0.39 is 5.60 Å². The molecule has 27 heavy (non-hydrogen) atoms. The van der Waals surface area contributed by atoms with Crippen molar-refractivity contribution in [2.75, 3.05) is 5.32 Å². The third kappa shape index (κ3) is 4.78. The summed E-state index contributed by atoms with van der Waals surface area (Å²) < 4.78 is 7.71.